The molecule has 1 aliphatic rings. The summed E-state index contributed by atoms with van der Waals surface area (Å²) in [6, 6.07) is 10.5. The monoisotopic (exact) mass is 284 g/mol. The Labute approximate surface area is 125 Å². The quantitative estimate of drug-likeness (QED) is 0.917. The van der Waals surface area contributed by atoms with Crippen molar-refractivity contribution in [2.24, 2.45) is 0 Å². The van der Waals surface area contributed by atoms with Gasteiger partial charge in [0.25, 0.3) is 0 Å². The Morgan fingerprint density at radius 3 is 2.86 bits per heavy atom. The van der Waals surface area contributed by atoms with E-state index in [0.29, 0.717) is 13.2 Å². The van der Waals surface area contributed by atoms with Crippen molar-refractivity contribution in [2.75, 3.05) is 19.8 Å². The highest BCUT2D eigenvalue weighted by molar-refractivity contribution is 5.44. The molecule has 0 aliphatic carbocycles. The van der Waals surface area contributed by atoms with E-state index in [4.69, 9.17) is 9.47 Å². The summed E-state index contributed by atoms with van der Waals surface area (Å²) in [6.07, 6.45) is 4.69. The second-order valence-electron chi connectivity index (χ2n) is 5.19. The molecule has 110 valence electrons. The van der Waals surface area contributed by atoms with Gasteiger partial charge in [-0.05, 0) is 49.2 Å². The smallest absolute Gasteiger partial charge is 0.161 e. The maximum atomic E-state index is 5.63. The first-order valence-corrected chi connectivity index (χ1v) is 7.35. The number of fused-ring (bicyclic) bond motifs is 1. The van der Waals surface area contributed by atoms with Crippen LogP contribution in [0.2, 0.25) is 0 Å². The van der Waals surface area contributed by atoms with Crippen LogP contribution in [-0.4, -0.2) is 24.7 Å². The number of nitrogens with zero attached hydrogens (tertiary/aromatic N) is 1. The van der Waals surface area contributed by atoms with Crippen molar-refractivity contribution >= 4 is 0 Å². The molecule has 1 aromatic carbocycles. The summed E-state index contributed by atoms with van der Waals surface area (Å²) in [4.78, 5) is 4.13. The molecule has 0 saturated carbocycles. The van der Waals surface area contributed by atoms with Crippen molar-refractivity contribution in [2.45, 2.75) is 19.4 Å². The van der Waals surface area contributed by atoms with Crippen LogP contribution in [0, 0.1) is 0 Å². The lowest BCUT2D eigenvalue weighted by Crippen LogP contribution is -2.22. The Bertz CT molecular complexity index is 587. The molecular weight excluding hydrogens is 264 g/mol. The molecule has 2 aromatic rings. The summed E-state index contributed by atoms with van der Waals surface area (Å²) in [5, 5.41) is 3.53. The van der Waals surface area contributed by atoms with Gasteiger partial charge in [0.05, 0.1) is 0 Å². The van der Waals surface area contributed by atoms with Gasteiger partial charge in [0, 0.05) is 18.4 Å². The first-order chi connectivity index (χ1) is 10.3. The van der Waals surface area contributed by atoms with Crippen molar-refractivity contribution in [1.29, 1.82) is 0 Å². The van der Waals surface area contributed by atoms with Crippen LogP contribution in [0.25, 0.3) is 0 Å². The van der Waals surface area contributed by atoms with Gasteiger partial charge >= 0.3 is 0 Å². The van der Waals surface area contributed by atoms with Gasteiger partial charge < -0.3 is 14.8 Å². The molecule has 21 heavy (non-hydrogen) atoms. The van der Waals surface area contributed by atoms with Gasteiger partial charge in [-0.2, -0.15) is 0 Å². The lowest BCUT2D eigenvalue weighted by Gasteiger charge is -2.21. The van der Waals surface area contributed by atoms with Crippen LogP contribution >= 0.6 is 0 Å². The summed E-state index contributed by atoms with van der Waals surface area (Å²) in [7, 11) is 0. The normalized spacial score (nSPS) is 14.7. The minimum atomic E-state index is 0.275. The third-order valence-corrected chi connectivity index (χ3v) is 3.65. The van der Waals surface area contributed by atoms with Gasteiger partial charge in [0.2, 0.25) is 0 Å². The molecule has 1 unspecified atom stereocenters. The Balaban J connectivity index is 1.56. The third kappa shape index (κ3) is 3.52. The Morgan fingerprint density at radius 2 is 2.05 bits per heavy atom. The number of benzene rings is 1. The van der Waals surface area contributed by atoms with E-state index in [0.717, 1.165) is 24.5 Å². The zero-order valence-electron chi connectivity index (χ0n) is 12.2. The zero-order valence-corrected chi connectivity index (χ0v) is 12.2. The highest BCUT2D eigenvalue weighted by Crippen LogP contribution is 2.32. The Hall–Kier alpha value is -2.07. The van der Waals surface area contributed by atoms with E-state index in [1.807, 2.05) is 18.3 Å². The number of hydrogen-bond acceptors (Lipinski definition) is 4. The summed E-state index contributed by atoms with van der Waals surface area (Å²) in [5.74, 6) is 1.69. The number of rotatable bonds is 5. The van der Waals surface area contributed by atoms with Gasteiger partial charge in [0.1, 0.15) is 13.2 Å². The molecule has 1 aliphatic heterocycles. The molecule has 1 atom stereocenters. The topological polar surface area (TPSA) is 43.4 Å². The largest absolute Gasteiger partial charge is 0.486 e. The van der Waals surface area contributed by atoms with E-state index < -0.39 is 0 Å². The van der Waals surface area contributed by atoms with Crippen LogP contribution in [0.5, 0.6) is 11.5 Å². The van der Waals surface area contributed by atoms with Crippen LogP contribution < -0.4 is 14.8 Å². The molecule has 0 radical (unpaired) electrons. The third-order valence-electron chi connectivity index (χ3n) is 3.65. The van der Waals surface area contributed by atoms with Gasteiger partial charge in [-0.1, -0.05) is 12.1 Å². The SMILES string of the molecule is CC(NCCc1cccnc1)c1ccc2c(c1)OCCO2. The maximum absolute atomic E-state index is 5.63. The van der Waals surface area contributed by atoms with Crippen LogP contribution in [0.4, 0.5) is 0 Å². The van der Waals surface area contributed by atoms with E-state index in [1.54, 1.807) is 6.20 Å². The summed E-state index contributed by atoms with van der Waals surface area (Å²) in [5.41, 5.74) is 2.46. The van der Waals surface area contributed by atoms with Gasteiger partial charge in [-0.25, -0.2) is 0 Å². The molecule has 0 fully saturated rings. The van der Waals surface area contributed by atoms with E-state index >= 15 is 0 Å². The number of aromatic nitrogens is 1. The molecule has 0 saturated heterocycles. The predicted molar refractivity (Wildman–Crippen MR) is 81.8 cm³/mol. The molecule has 0 amide bonds. The lowest BCUT2D eigenvalue weighted by atomic mass is 10.1. The van der Waals surface area contributed by atoms with Crippen molar-refractivity contribution in [3.63, 3.8) is 0 Å². The molecule has 4 nitrogen and oxygen atoms in total. The van der Waals surface area contributed by atoms with Crippen molar-refractivity contribution in [1.82, 2.24) is 10.3 Å². The van der Waals surface area contributed by atoms with Gasteiger partial charge in [-0.3, -0.25) is 4.98 Å². The number of hydrogen-bond donors (Lipinski definition) is 1. The summed E-state index contributed by atoms with van der Waals surface area (Å²) >= 11 is 0. The van der Waals surface area contributed by atoms with Crippen LogP contribution in [0.1, 0.15) is 24.1 Å². The molecule has 1 aromatic heterocycles. The summed E-state index contributed by atoms with van der Waals surface area (Å²) in [6.45, 7) is 4.33. The predicted octanol–water partition coefficient (Wildman–Crippen LogP) is 2.75. The molecule has 1 N–H and O–H groups in total. The first-order valence-electron chi connectivity index (χ1n) is 7.35. The van der Waals surface area contributed by atoms with E-state index in [-0.39, 0.29) is 6.04 Å². The molecule has 0 spiro atoms. The molecule has 3 rings (SSSR count). The van der Waals surface area contributed by atoms with Gasteiger partial charge in [-0.15, -0.1) is 0 Å². The zero-order chi connectivity index (χ0) is 14.5. The lowest BCUT2D eigenvalue weighted by molar-refractivity contribution is 0.171. The minimum Gasteiger partial charge on any atom is -0.486 e. The van der Waals surface area contributed by atoms with E-state index in [2.05, 4.69) is 35.4 Å². The fourth-order valence-corrected chi connectivity index (χ4v) is 2.43. The van der Waals surface area contributed by atoms with E-state index in [9.17, 15) is 0 Å². The van der Waals surface area contributed by atoms with Crippen LogP contribution in [-0.2, 0) is 6.42 Å². The average molecular weight is 284 g/mol. The molecule has 2 heterocycles. The van der Waals surface area contributed by atoms with Crippen LogP contribution in [0.3, 0.4) is 0 Å². The first kappa shape index (κ1) is 13.9. The van der Waals surface area contributed by atoms with Crippen molar-refractivity contribution < 1.29 is 9.47 Å². The molecular formula is C17H20N2O2. The number of nitrogens with one attached hydrogen (secondary N) is 1. The van der Waals surface area contributed by atoms with Crippen LogP contribution in [0.15, 0.2) is 42.7 Å². The second-order valence-corrected chi connectivity index (χ2v) is 5.19. The number of pyridine rings is 1. The van der Waals surface area contributed by atoms with Crippen molar-refractivity contribution in [3.05, 3.63) is 53.9 Å². The fourth-order valence-electron chi connectivity index (χ4n) is 2.43. The highest BCUT2D eigenvalue weighted by atomic mass is 16.6. The number of ether oxygens (including phenoxy) is 2. The summed E-state index contributed by atoms with van der Waals surface area (Å²) < 4.78 is 11.2. The maximum Gasteiger partial charge on any atom is 0.161 e. The second kappa shape index (κ2) is 6.59. The average Bonchev–Trinajstić information content (AvgIpc) is 2.55. The molecule has 4 heteroatoms. The molecule has 0 bridgehead atoms. The highest BCUT2D eigenvalue weighted by Gasteiger charge is 2.14. The Morgan fingerprint density at radius 1 is 1.19 bits per heavy atom. The van der Waals surface area contributed by atoms with Crippen molar-refractivity contribution in [3.8, 4) is 11.5 Å². The standard InChI is InChI=1S/C17H20N2O2/c1-13(19-8-6-14-3-2-7-18-12-14)15-4-5-16-17(11-15)21-10-9-20-16/h2-5,7,11-13,19H,6,8-10H2,1H3. The van der Waals surface area contributed by atoms with E-state index in [1.165, 1.54) is 11.1 Å². The van der Waals surface area contributed by atoms with Gasteiger partial charge in [0.15, 0.2) is 11.5 Å². The fraction of sp³-hybridized carbons (Fsp3) is 0.353. The minimum absolute atomic E-state index is 0.275. The Kier molecular flexibility index (Phi) is 4.36.